The second kappa shape index (κ2) is 8.29. The molecule has 1 rings (SSSR count). The first-order valence-electron chi connectivity index (χ1n) is 6.77. The Morgan fingerprint density at radius 1 is 1.21 bits per heavy atom. The quantitative estimate of drug-likeness (QED) is 0.325. The highest BCUT2D eigenvalue weighted by Crippen LogP contribution is 2.11. The number of nitrogens with zero attached hydrogens (tertiary/aromatic N) is 4. The monoisotopic (exact) mass is 265 g/mol. The standard InChI is InChI=1S/C13H23N5O/c1-3-5-7-18(8-6-4-2)12-10-15-11(9-16-12)13(14)17-19/h9-10,19H,3-8H2,1-2H3,(H2,14,17). The van der Waals surface area contributed by atoms with Crippen LogP contribution >= 0.6 is 0 Å². The lowest BCUT2D eigenvalue weighted by Gasteiger charge is -2.23. The molecule has 1 aromatic rings. The number of unbranched alkanes of at least 4 members (excludes halogenated alkanes) is 2. The molecular weight excluding hydrogens is 242 g/mol. The highest BCUT2D eigenvalue weighted by molar-refractivity contribution is 5.94. The van der Waals surface area contributed by atoms with Gasteiger partial charge in [0.1, 0.15) is 11.5 Å². The Hall–Kier alpha value is -1.85. The zero-order chi connectivity index (χ0) is 14.1. The smallest absolute Gasteiger partial charge is 0.190 e. The minimum absolute atomic E-state index is 0.0206. The number of aromatic nitrogens is 2. The molecule has 106 valence electrons. The van der Waals surface area contributed by atoms with E-state index in [-0.39, 0.29) is 5.84 Å². The second-order valence-corrected chi connectivity index (χ2v) is 4.44. The number of amidine groups is 1. The van der Waals surface area contributed by atoms with Crippen molar-refractivity contribution in [3.8, 4) is 0 Å². The molecule has 6 heteroatoms. The lowest BCUT2D eigenvalue weighted by molar-refractivity contribution is 0.318. The Balaban J connectivity index is 2.77. The predicted molar refractivity (Wildman–Crippen MR) is 76.6 cm³/mol. The van der Waals surface area contributed by atoms with Crippen molar-refractivity contribution in [2.75, 3.05) is 18.0 Å². The maximum atomic E-state index is 8.58. The van der Waals surface area contributed by atoms with Crippen LogP contribution in [0, 0.1) is 0 Å². The Labute approximate surface area is 114 Å². The minimum atomic E-state index is -0.0206. The van der Waals surface area contributed by atoms with Gasteiger partial charge in [0, 0.05) is 13.1 Å². The highest BCUT2D eigenvalue weighted by Gasteiger charge is 2.09. The number of anilines is 1. The van der Waals surface area contributed by atoms with Crippen molar-refractivity contribution < 1.29 is 5.21 Å². The van der Waals surface area contributed by atoms with Gasteiger partial charge in [-0.05, 0) is 12.8 Å². The van der Waals surface area contributed by atoms with E-state index >= 15 is 0 Å². The first kappa shape index (κ1) is 15.2. The van der Waals surface area contributed by atoms with E-state index in [4.69, 9.17) is 10.9 Å². The summed E-state index contributed by atoms with van der Waals surface area (Å²) in [6.45, 7) is 6.30. The van der Waals surface area contributed by atoms with Crippen molar-refractivity contribution in [2.24, 2.45) is 10.9 Å². The molecule has 0 atom stereocenters. The van der Waals surface area contributed by atoms with Crippen molar-refractivity contribution >= 4 is 11.7 Å². The lowest BCUT2D eigenvalue weighted by Crippen LogP contribution is -2.27. The summed E-state index contributed by atoms with van der Waals surface area (Å²) in [7, 11) is 0. The fourth-order valence-corrected chi connectivity index (χ4v) is 1.71. The van der Waals surface area contributed by atoms with Gasteiger partial charge in [-0.2, -0.15) is 0 Å². The molecule has 1 aromatic heterocycles. The van der Waals surface area contributed by atoms with E-state index in [1.807, 2.05) is 0 Å². The van der Waals surface area contributed by atoms with Crippen LogP contribution in [0.1, 0.15) is 45.2 Å². The zero-order valence-electron chi connectivity index (χ0n) is 11.7. The zero-order valence-corrected chi connectivity index (χ0v) is 11.7. The molecule has 19 heavy (non-hydrogen) atoms. The highest BCUT2D eigenvalue weighted by atomic mass is 16.4. The number of hydrogen-bond donors (Lipinski definition) is 2. The van der Waals surface area contributed by atoms with Gasteiger partial charge in [-0.1, -0.05) is 31.8 Å². The summed E-state index contributed by atoms with van der Waals surface area (Å²) in [6.07, 6.45) is 7.78. The van der Waals surface area contributed by atoms with Crippen LogP contribution in [-0.2, 0) is 0 Å². The van der Waals surface area contributed by atoms with Crippen molar-refractivity contribution in [1.29, 1.82) is 0 Å². The summed E-state index contributed by atoms with van der Waals surface area (Å²) in [5.74, 6) is 0.823. The van der Waals surface area contributed by atoms with Crippen LogP contribution in [0.3, 0.4) is 0 Å². The molecule has 6 nitrogen and oxygen atoms in total. The van der Waals surface area contributed by atoms with Crippen LogP contribution in [0.15, 0.2) is 17.5 Å². The molecule has 0 fully saturated rings. The van der Waals surface area contributed by atoms with Gasteiger partial charge in [0.2, 0.25) is 0 Å². The van der Waals surface area contributed by atoms with Crippen LogP contribution < -0.4 is 10.6 Å². The summed E-state index contributed by atoms with van der Waals surface area (Å²) < 4.78 is 0. The predicted octanol–water partition coefficient (Wildman–Crippen LogP) is 1.98. The third-order valence-corrected chi connectivity index (χ3v) is 2.90. The molecule has 0 amide bonds. The van der Waals surface area contributed by atoms with Gasteiger partial charge in [-0.3, -0.25) is 0 Å². The van der Waals surface area contributed by atoms with E-state index in [0.717, 1.165) is 44.6 Å². The summed E-state index contributed by atoms with van der Waals surface area (Å²) in [6, 6.07) is 0. The van der Waals surface area contributed by atoms with E-state index in [2.05, 4.69) is 33.9 Å². The number of nitrogens with two attached hydrogens (primary N) is 1. The first-order valence-corrected chi connectivity index (χ1v) is 6.77. The van der Waals surface area contributed by atoms with E-state index in [1.54, 1.807) is 6.20 Å². The van der Waals surface area contributed by atoms with Crippen molar-refractivity contribution in [3.05, 3.63) is 18.1 Å². The third kappa shape index (κ3) is 4.73. The molecule has 0 aliphatic heterocycles. The Bertz CT molecular complexity index is 383. The lowest BCUT2D eigenvalue weighted by atomic mass is 10.2. The molecule has 0 spiro atoms. The average Bonchev–Trinajstić information content (AvgIpc) is 2.47. The molecule has 0 radical (unpaired) electrons. The van der Waals surface area contributed by atoms with Crippen LogP contribution in [0.5, 0.6) is 0 Å². The molecule has 0 aromatic carbocycles. The number of rotatable bonds is 8. The molecular formula is C13H23N5O. The number of oxime groups is 1. The van der Waals surface area contributed by atoms with Gasteiger partial charge in [0.15, 0.2) is 5.84 Å². The van der Waals surface area contributed by atoms with Gasteiger partial charge >= 0.3 is 0 Å². The van der Waals surface area contributed by atoms with Crippen molar-refractivity contribution in [3.63, 3.8) is 0 Å². The SMILES string of the molecule is CCCCN(CCCC)c1cnc(C(N)=NO)cn1. The first-order chi connectivity index (χ1) is 9.22. The summed E-state index contributed by atoms with van der Waals surface area (Å²) >= 11 is 0. The molecule has 0 aliphatic carbocycles. The van der Waals surface area contributed by atoms with E-state index < -0.39 is 0 Å². The summed E-state index contributed by atoms with van der Waals surface area (Å²) in [4.78, 5) is 10.7. The van der Waals surface area contributed by atoms with Gasteiger partial charge in [-0.25, -0.2) is 9.97 Å². The second-order valence-electron chi connectivity index (χ2n) is 4.44. The Morgan fingerprint density at radius 2 is 1.84 bits per heavy atom. The van der Waals surface area contributed by atoms with Gasteiger partial charge in [0.25, 0.3) is 0 Å². The fourth-order valence-electron chi connectivity index (χ4n) is 1.71. The summed E-state index contributed by atoms with van der Waals surface area (Å²) in [5, 5.41) is 11.5. The topological polar surface area (TPSA) is 87.6 Å². The number of hydrogen-bond acceptors (Lipinski definition) is 5. The fraction of sp³-hybridized carbons (Fsp3) is 0.615. The van der Waals surface area contributed by atoms with E-state index in [0.29, 0.717) is 5.69 Å². The van der Waals surface area contributed by atoms with E-state index in [1.165, 1.54) is 6.20 Å². The van der Waals surface area contributed by atoms with Crippen molar-refractivity contribution in [2.45, 2.75) is 39.5 Å². The Kier molecular flexibility index (Phi) is 6.63. The molecule has 0 saturated heterocycles. The minimum Gasteiger partial charge on any atom is -0.409 e. The van der Waals surface area contributed by atoms with Gasteiger partial charge < -0.3 is 15.8 Å². The Morgan fingerprint density at radius 3 is 2.26 bits per heavy atom. The third-order valence-electron chi connectivity index (χ3n) is 2.90. The maximum absolute atomic E-state index is 8.58. The molecule has 1 heterocycles. The van der Waals surface area contributed by atoms with Crippen LogP contribution in [0.25, 0.3) is 0 Å². The van der Waals surface area contributed by atoms with Gasteiger partial charge in [0.05, 0.1) is 12.4 Å². The average molecular weight is 265 g/mol. The van der Waals surface area contributed by atoms with Crippen molar-refractivity contribution in [1.82, 2.24) is 9.97 Å². The van der Waals surface area contributed by atoms with E-state index in [9.17, 15) is 0 Å². The molecule has 0 bridgehead atoms. The van der Waals surface area contributed by atoms with Gasteiger partial charge in [-0.15, -0.1) is 0 Å². The van der Waals surface area contributed by atoms with Crippen LogP contribution in [0.4, 0.5) is 5.82 Å². The summed E-state index contributed by atoms with van der Waals surface area (Å²) in [5.41, 5.74) is 5.85. The van der Waals surface area contributed by atoms with Crippen LogP contribution in [0.2, 0.25) is 0 Å². The normalized spacial score (nSPS) is 11.6. The molecule has 0 unspecified atom stereocenters. The molecule has 0 saturated carbocycles. The maximum Gasteiger partial charge on any atom is 0.190 e. The van der Waals surface area contributed by atoms with Crippen LogP contribution in [-0.4, -0.2) is 34.1 Å². The molecule has 0 aliphatic rings. The molecule has 3 N–H and O–H groups in total. The largest absolute Gasteiger partial charge is 0.409 e.